The van der Waals surface area contributed by atoms with Crippen molar-refractivity contribution in [1.82, 2.24) is 0 Å². The third-order valence-electron chi connectivity index (χ3n) is 2.84. The number of benzene rings is 1. The summed E-state index contributed by atoms with van der Waals surface area (Å²) >= 11 is 0. The molecule has 0 aliphatic rings. The molecule has 0 aliphatic carbocycles. The highest BCUT2D eigenvalue weighted by atomic mass is 16.7. The van der Waals surface area contributed by atoms with Gasteiger partial charge in [0.15, 0.2) is 0 Å². The summed E-state index contributed by atoms with van der Waals surface area (Å²) in [6, 6.07) is 9.91. The van der Waals surface area contributed by atoms with Crippen LogP contribution < -0.4 is 0 Å². The van der Waals surface area contributed by atoms with Crippen molar-refractivity contribution in [3.05, 3.63) is 48.0 Å². The molecule has 22 heavy (non-hydrogen) atoms. The smallest absolute Gasteiger partial charge is 0.435 e. The van der Waals surface area contributed by atoms with Crippen LogP contribution in [0.4, 0.5) is 4.79 Å². The molecule has 5 heteroatoms. The molecule has 1 unspecified atom stereocenters. The summed E-state index contributed by atoms with van der Waals surface area (Å²) in [6.45, 7) is 3.22. The second-order valence-electron chi connectivity index (χ2n) is 4.68. The van der Waals surface area contributed by atoms with Crippen LogP contribution in [0.1, 0.15) is 25.3 Å². The molecule has 1 aromatic carbocycles. The summed E-state index contributed by atoms with van der Waals surface area (Å²) in [5.74, 6) is 0. The number of hydrogen-bond donors (Lipinski definition) is 1. The Balaban J connectivity index is 2.01. The zero-order valence-electron chi connectivity index (χ0n) is 12.9. The predicted molar refractivity (Wildman–Crippen MR) is 83.5 cm³/mol. The third-order valence-corrected chi connectivity index (χ3v) is 2.84. The summed E-state index contributed by atoms with van der Waals surface area (Å²) in [4.78, 5) is 10.9. The van der Waals surface area contributed by atoms with E-state index in [1.807, 2.05) is 30.3 Å². The highest BCUT2D eigenvalue weighted by Crippen LogP contribution is 2.04. The molecular formula is C17H24O5. The van der Waals surface area contributed by atoms with Gasteiger partial charge in [-0.05, 0) is 25.3 Å². The minimum atomic E-state index is -0.679. The van der Waals surface area contributed by atoms with Gasteiger partial charge in [0.05, 0.1) is 19.3 Å². The van der Waals surface area contributed by atoms with Gasteiger partial charge in [-0.25, -0.2) is 4.79 Å². The molecule has 5 nitrogen and oxygen atoms in total. The van der Waals surface area contributed by atoms with Crippen molar-refractivity contribution in [2.75, 3.05) is 19.8 Å². The maximum atomic E-state index is 10.9. The zero-order valence-corrected chi connectivity index (χ0v) is 12.9. The minimum Gasteiger partial charge on any atom is -0.435 e. The first-order chi connectivity index (χ1) is 10.7. The van der Waals surface area contributed by atoms with E-state index in [4.69, 9.17) is 9.47 Å². The average Bonchev–Trinajstić information content (AvgIpc) is 2.52. The van der Waals surface area contributed by atoms with Crippen LogP contribution in [0, 0.1) is 0 Å². The van der Waals surface area contributed by atoms with E-state index in [1.54, 1.807) is 19.1 Å². The molecule has 1 N–H and O–H groups in total. The number of aliphatic hydroxyl groups is 1. The Morgan fingerprint density at radius 1 is 1.23 bits per heavy atom. The summed E-state index contributed by atoms with van der Waals surface area (Å²) in [5.41, 5.74) is 1.12. The van der Waals surface area contributed by atoms with Gasteiger partial charge < -0.3 is 19.3 Å². The van der Waals surface area contributed by atoms with Gasteiger partial charge in [-0.1, -0.05) is 42.5 Å². The van der Waals surface area contributed by atoms with Crippen molar-refractivity contribution in [3.63, 3.8) is 0 Å². The van der Waals surface area contributed by atoms with Crippen LogP contribution in [-0.4, -0.2) is 37.2 Å². The number of aliphatic hydroxyl groups excluding tert-OH is 1. The average molecular weight is 308 g/mol. The fourth-order valence-corrected chi connectivity index (χ4v) is 1.70. The maximum Gasteiger partial charge on any atom is 0.508 e. The summed E-state index contributed by atoms with van der Waals surface area (Å²) < 4.78 is 14.9. The van der Waals surface area contributed by atoms with Crippen LogP contribution in [0.5, 0.6) is 0 Å². The Labute approximate surface area is 131 Å². The van der Waals surface area contributed by atoms with Gasteiger partial charge in [0.2, 0.25) is 0 Å². The van der Waals surface area contributed by atoms with Crippen LogP contribution >= 0.6 is 0 Å². The summed E-state index contributed by atoms with van der Waals surface area (Å²) in [5, 5.41) is 9.78. The van der Waals surface area contributed by atoms with E-state index in [2.05, 4.69) is 4.74 Å². The molecule has 0 radical (unpaired) electrons. The highest BCUT2D eigenvalue weighted by Gasteiger charge is 2.02. The Morgan fingerprint density at radius 3 is 2.73 bits per heavy atom. The number of ether oxygens (including phenoxy) is 3. The van der Waals surface area contributed by atoms with Gasteiger partial charge in [0.25, 0.3) is 0 Å². The molecule has 0 saturated carbocycles. The zero-order chi connectivity index (χ0) is 16.0. The molecule has 0 bridgehead atoms. The first kappa shape index (κ1) is 18.2. The van der Waals surface area contributed by atoms with E-state index in [-0.39, 0.29) is 6.61 Å². The second-order valence-corrected chi connectivity index (χ2v) is 4.68. The molecule has 0 heterocycles. The van der Waals surface area contributed by atoms with Crippen LogP contribution in [0.2, 0.25) is 0 Å². The quantitative estimate of drug-likeness (QED) is 0.409. The standard InChI is InChI=1S/C17H24O5/c1-2-21-17(19)22-12-7-6-10-16(18)11-13-20-14-15-8-4-3-5-9-15/h3-9,16,18H,2,10-14H2,1H3/b7-6+. The van der Waals surface area contributed by atoms with Crippen LogP contribution in [0.15, 0.2) is 42.5 Å². The van der Waals surface area contributed by atoms with Gasteiger partial charge in [0, 0.05) is 6.61 Å². The van der Waals surface area contributed by atoms with Crippen LogP contribution in [0.25, 0.3) is 0 Å². The number of carbonyl (C=O) groups excluding carboxylic acids is 1. The van der Waals surface area contributed by atoms with E-state index in [0.717, 1.165) is 5.56 Å². The van der Waals surface area contributed by atoms with E-state index >= 15 is 0 Å². The largest absolute Gasteiger partial charge is 0.508 e. The molecular weight excluding hydrogens is 284 g/mol. The fraction of sp³-hybridized carbons (Fsp3) is 0.471. The predicted octanol–water partition coefficient (Wildman–Crippen LogP) is 3.07. The lowest BCUT2D eigenvalue weighted by molar-refractivity contribution is 0.0671. The van der Waals surface area contributed by atoms with Gasteiger partial charge in [0.1, 0.15) is 6.61 Å². The highest BCUT2D eigenvalue weighted by molar-refractivity contribution is 5.59. The monoisotopic (exact) mass is 308 g/mol. The second kappa shape index (κ2) is 11.8. The van der Waals surface area contributed by atoms with Crippen molar-refractivity contribution in [3.8, 4) is 0 Å². The molecule has 0 aliphatic heterocycles. The van der Waals surface area contributed by atoms with Crippen molar-refractivity contribution < 1.29 is 24.1 Å². The van der Waals surface area contributed by atoms with E-state index < -0.39 is 12.3 Å². The third kappa shape index (κ3) is 9.15. The lowest BCUT2D eigenvalue weighted by Gasteiger charge is -2.08. The number of rotatable bonds is 10. The molecule has 1 aromatic rings. The molecule has 1 atom stereocenters. The van der Waals surface area contributed by atoms with Crippen LogP contribution in [0.3, 0.4) is 0 Å². The summed E-state index contributed by atoms with van der Waals surface area (Å²) in [6.07, 6.45) is 3.39. The van der Waals surface area contributed by atoms with Crippen molar-refractivity contribution in [2.24, 2.45) is 0 Å². The van der Waals surface area contributed by atoms with E-state index in [1.165, 1.54) is 0 Å². The van der Waals surface area contributed by atoms with Crippen molar-refractivity contribution >= 4 is 6.16 Å². The lowest BCUT2D eigenvalue weighted by Crippen LogP contribution is -2.10. The maximum absolute atomic E-state index is 10.9. The minimum absolute atomic E-state index is 0.149. The first-order valence-corrected chi connectivity index (χ1v) is 7.46. The topological polar surface area (TPSA) is 65.0 Å². The first-order valence-electron chi connectivity index (χ1n) is 7.46. The fourth-order valence-electron chi connectivity index (χ4n) is 1.70. The lowest BCUT2D eigenvalue weighted by atomic mass is 10.2. The Morgan fingerprint density at radius 2 is 2.00 bits per heavy atom. The molecule has 0 fully saturated rings. The van der Waals surface area contributed by atoms with Gasteiger partial charge in [-0.15, -0.1) is 0 Å². The molecule has 0 aromatic heterocycles. The molecule has 122 valence electrons. The van der Waals surface area contributed by atoms with Crippen molar-refractivity contribution in [1.29, 1.82) is 0 Å². The molecule has 0 spiro atoms. The molecule has 0 saturated heterocycles. The molecule has 0 amide bonds. The van der Waals surface area contributed by atoms with Gasteiger partial charge in [-0.3, -0.25) is 0 Å². The van der Waals surface area contributed by atoms with Gasteiger partial charge in [-0.2, -0.15) is 0 Å². The van der Waals surface area contributed by atoms with E-state index in [9.17, 15) is 9.90 Å². The number of hydrogen-bond acceptors (Lipinski definition) is 5. The summed E-state index contributed by atoms with van der Waals surface area (Å²) in [7, 11) is 0. The van der Waals surface area contributed by atoms with Crippen LogP contribution in [-0.2, 0) is 20.8 Å². The Bertz CT molecular complexity index is 430. The normalized spacial score (nSPS) is 12.3. The Kier molecular flexibility index (Phi) is 9.74. The van der Waals surface area contributed by atoms with E-state index in [0.29, 0.717) is 32.7 Å². The van der Waals surface area contributed by atoms with Crippen molar-refractivity contribution in [2.45, 2.75) is 32.5 Å². The van der Waals surface area contributed by atoms with Gasteiger partial charge >= 0.3 is 6.16 Å². The Hall–Kier alpha value is -1.85. The molecule has 1 rings (SSSR count). The SMILES string of the molecule is CCOC(=O)OC/C=C/CC(O)CCOCc1ccccc1. The number of carbonyl (C=O) groups is 1.